The molecule has 78 valence electrons. The molecule has 0 aliphatic carbocycles. The highest BCUT2D eigenvalue weighted by molar-refractivity contribution is 7.92. The van der Waals surface area contributed by atoms with Crippen molar-refractivity contribution in [3.63, 3.8) is 0 Å². The van der Waals surface area contributed by atoms with Gasteiger partial charge in [-0.05, 0) is 19.3 Å². The Hall–Kier alpha value is -0.100. The zero-order chi connectivity index (χ0) is 9.95. The van der Waals surface area contributed by atoms with Crippen molar-refractivity contribution in [3.8, 4) is 0 Å². The van der Waals surface area contributed by atoms with Gasteiger partial charge in [0.2, 0.25) is 0 Å². The minimum Gasteiger partial charge on any atom is -0.229 e. The molecule has 0 spiro atoms. The van der Waals surface area contributed by atoms with Crippen LogP contribution >= 0.6 is 0 Å². The number of hydrogen-bond donors (Lipinski definition) is 0. The molecule has 4 nitrogen and oxygen atoms in total. The van der Waals surface area contributed by atoms with Crippen molar-refractivity contribution in [2.24, 2.45) is 0 Å². The SMILES string of the molecule is O=S1(=O)CCC1.O=S1(=O)CCCC1. The predicted molar refractivity (Wildman–Crippen MR) is 51.2 cm³/mol. The normalized spacial score (nSPS) is 28.3. The molecule has 0 saturated carbocycles. The van der Waals surface area contributed by atoms with E-state index in [9.17, 15) is 16.8 Å². The first kappa shape index (κ1) is 11.0. The fraction of sp³-hybridized carbons (Fsp3) is 1.00. The van der Waals surface area contributed by atoms with Crippen LogP contribution in [0.15, 0.2) is 0 Å². The molecule has 0 radical (unpaired) electrons. The molecule has 2 aliphatic heterocycles. The number of sulfone groups is 2. The van der Waals surface area contributed by atoms with Gasteiger partial charge in [0.15, 0.2) is 0 Å². The lowest BCUT2D eigenvalue weighted by molar-refractivity contribution is 0.580. The highest BCUT2D eigenvalue weighted by Crippen LogP contribution is 2.08. The Morgan fingerprint density at radius 3 is 0.923 bits per heavy atom. The molecule has 0 amide bonds. The van der Waals surface area contributed by atoms with Crippen LogP contribution in [-0.2, 0) is 19.7 Å². The van der Waals surface area contributed by atoms with Crippen molar-refractivity contribution in [2.45, 2.75) is 19.3 Å². The van der Waals surface area contributed by atoms with Gasteiger partial charge >= 0.3 is 0 Å². The van der Waals surface area contributed by atoms with Gasteiger partial charge in [-0.25, -0.2) is 16.8 Å². The van der Waals surface area contributed by atoms with Gasteiger partial charge in [-0.1, -0.05) is 0 Å². The van der Waals surface area contributed by atoms with Crippen LogP contribution in [0, 0.1) is 0 Å². The van der Waals surface area contributed by atoms with Gasteiger partial charge in [-0.15, -0.1) is 0 Å². The molecular formula is C7H14O4S2. The van der Waals surface area contributed by atoms with Gasteiger partial charge in [0, 0.05) is 0 Å². The maximum atomic E-state index is 10.4. The summed E-state index contributed by atoms with van der Waals surface area (Å²) in [6.45, 7) is 0. The molecule has 0 atom stereocenters. The molecule has 2 saturated heterocycles. The summed E-state index contributed by atoms with van der Waals surface area (Å²) >= 11 is 0. The average molecular weight is 226 g/mol. The molecule has 2 heterocycles. The minimum atomic E-state index is -2.55. The molecule has 0 bridgehead atoms. The van der Waals surface area contributed by atoms with E-state index in [-0.39, 0.29) is 0 Å². The minimum absolute atomic E-state index is 0.424. The average Bonchev–Trinajstić information content (AvgIpc) is 2.33. The summed E-state index contributed by atoms with van der Waals surface area (Å²) in [5, 5.41) is 0. The van der Waals surface area contributed by atoms with Crippen LogP contribution in [0.25, 0.3) is 0 Å². The van der Waals surface area contributed by atoms with E-state index in [4.69, 9.17) is 0 Å². The highest BCUT2D eigenvalue weighted by atomic mass is 32.2. The molecule has 13 heavy (non-hydrogen) atoms. The second-order valence-corrected chi connectivity index (χ2v) is 7.97. The Bertz CT molecular complexity index is 330. The summed E-state index contributed by atoms with van der Waals surface area (Å²) in [5.74, 6) is 1.69. The third-order valence-corrected chi connectivity index (χ3v) is 5.71. The van der Waals surface area contributed by atoms with Crippen LogP contribution in [0.5, 0.6) is 0 Å². The molecule has 0 aromatic heterocycles. The first-order chi connectivity index (χ1) is 5.91. The van der Waals surface area contributed by atoms with Gasteiger partial charge < -0.3 is 0 Å². The van der Waals surface area contributed by atoms with Crippen molar-refractivity contribution >= 4 is 19.7 Å². The fourth-order valence-corrected chi connectivity index (χ4v) is 3.38. The summed E-state index contributed by atoms with van der Waals surface area (Å²) in [6, 6.07) is 0. The van der Waals surface area contributed by atoms with Gasteiger partial charge in [-0.2, -0.15) is 0 Å². The van der Waals surface area contributed by atoms with Crippen LogP contribution in [-0.4, -0.2) is 39.8 Å². The lowest BCUT2D eigenvalue weighted by Crippen LogP contribution is -2.23. The van der Waals surface area contributed by atoms with E-state index in [0.29, 0.717) is 23.0 Å². The predicted octanol–water partition coefficient (Wildman–Crippen LogP) is -0.000100. The van der Waals surface area contributed by atoms with Crippen molar-refractivity contribution in [1.29, 1.82) is 0 Å². The van der Waals surface area contributed by atoms with E-state index >= 15 is 0 Å². The Morgan fingerprint density at radius 2 is 0.846 bits per heavy atom. The number of hydrogen-bond acceptors (Lipinski definition) is 4. The Labute approximate surface area is 79.2 Å². The third kappa shape index (κ3) is 4.08. The van der Waals surface area contributed by atoms with Gasteiger partial charge in [0.05, 0.1) is 23.0 Å². The molecule has 2 fully saturated rings. The molecule has 2 rings (SSSR count). The van der Waals surface area contributed by atoms with E-state index < -0.39 is 19.7 Å². The molecule has 0 unspecified atom stereocenters. The monoisotopic (exact) mass is 226 g/mol. The first-order valence-corrected chi connectivity index (χ1v) is 7.96. The van der Waals surface area contributed by atoms with Gasteiger partial charge in [0.25, 0.3) is 0 Å². The van der Waals surface area contributed by atoms with Crippen molar-refractivity contribution in [1.82, 2.24) is 0 Å². The quantitative estimate of drug-likeness (QED) is 0.583. The number of rotatable bonds is 0. The van der Waals surface area contributed by atoms with Crippen LogP contribution in [0.1, 0.15) is 19.3 Å². The molecular weight excluding hydrogens is 212 g/mol. The summed E-state index contributed by atoms with van der Waals surface area (Å²) in [5.41, 5.74) is 0. The topological polar surface area (TPSA) is 68.3 Å². The van der Waals surface area contributed by atoms with E-state index in [2.05, 4.69) is 0 Å². The van der Waals surface area contributed by atoms with E-state index in [1.807, 2.05) is 0 Å². The Morgan fingerprint density at radius 1 is 0.538 bits per heavy atom. The second-order valence-electron chi connectivity index (χ2n) is 3.36. The molecule has 6 heteroatoms. The standard InChI is InChI=1S/C4H8O2S.C3H6O2S/c5-7(6)3-1-2-4-7;4-6(5)2-1-3-6/h1-4H2;1-3H2. The summed E-state index contributed by atoms with van der Waals surface area (Å²) in [7, 11) is -5.03. The summed E-state index contributed by atoms with van der Waals surface area (Å²) in [6.07, 6.45) is 2.63. The van der Waals surface area contributed by atoms with Crippen molar-refractivity contribution in [2.75, 3.05) is 23.0 Å². The smallest absolute Gasteiger partial charge is 0.150 e. The van der Waals surface area contributed by atoms with Crippen LogP contribution in [0.4, 0.5) is 0 Å². The second kappa shape index (κ2) is 3.96. The highest BCUT2D eigenvalue weighted by Gasteiger charge is 2.19. The molecule has 2 aliphatic rings. The van der Waals surface area contributed by atoms with Crippen molar-refractivity contribution in [3.05, 3.63) is 0 Å². The lowest BCUT2D eigenvalue weighted by Gasteiger charge is -2.09. The molecule has 0 N–H and O–H groups in total. The van der Waals surface area contributed by atoms with Crippen LogP contribution in [0.3, 0.4) is 0 Å². The zero-order valence-electron chi connectivity index (χ0n) is 7.40. The fourth-order valence-electron chi connectivity index (χ4n) is 1.13. The Balaban J connectivity index is 0.000000132. The van der Waals surface area contributed by atoms with Gasteiger partial charge in [0.1, 0.15) is 19.7 Å². The maximum absolute atomic E-state index is 10.4. The van der Waals surface area contributed by atoms with Gasteiger partial charge in [-0.3, -0.25) is 0 Å². The van der Waals surface area contributed by atoms with E-state index in [0.717, 1.165) is 19.3 Å². The third-order valence-electron chi connectivity index (χ3n) is 2.07. The Kier molecular flexibility index (Phi) is 3.34. The van der Waals surface area contributed by atoms with Crippen molar-refractivity contribution < 1.29 is 16.8 Å². The zero-order valence-corrected chi connectivity index (χ0v) is 9.03. The summed E-state index contributed by atoms with van der Waals surface area (Å²) < 4.78 is 41.0. The first-order valence-electron chi connectivity index (χ1n) is 4.32. The lowest BCUT2D eigenvalue weighted by atomic mass is 10.4. The molecule has 0 aromatic rings. The van der Waals surface area contributed by atoms with E-state index in [1.54, 1.807) is 0 Å². The largest absolute Gasteiger partial charge is 0.229 e. The van der Waals surface area contributed by atoms with Crippen LogP contribution in [0.2, 0.25) is 0 Å². The summed E-state index contributed by atoms with van der Waals surface area (Å²) in [4.78, 5) is 0. The maximum Gasteiger partial charge on any atom is 0.150 e. The molecule has 0 aromatic carbocycles. The van der Waals surface area contributed by atoms with E-state index in [1.165, 1.54) is 0 Å². The van der Waals surface area contributed by atoms with Crippen LogP contribution < -0.4 is 0 Å².